The number of unbranched alkanes of at least 4 members (excludes halogenated alkanes) is 1. The summed E-state index contributed by atoms with van der Waals surface area (Å²) in [6.07, 6.45) is 1.19. The van der Waals surface area contributed by atoms with Crippen molar-refractivity contribution in [1.29, 1.82) is 0 Å². The molecule has 2 unspecified atom stereocenters. The standard InChI is InChI=1S/C12H21NO5/c1-9-6-13(7-10(8-14)18-9)11(15)4-2-3-5-12(16)17/h9-10,14H,2-8H2,1H3,(H,16,17). The Morgan fingerprint density at radius 2 is 1.94 bits per heavy atom. The molecule has 0 radical (unpaired) electrons. The summed E-state index contributed by atoms with van der Waals surface area (Å²) in [5, 5.41) is 17.5. The summed E-state index contributed by atoms with van der Waals surface area (Å²) < 4.78 is 5.45. The average molecular weight is 259 g/mol. The van der Waals surface area contributed by atoms with Gasteiger partial charge in [-0.2, -0.15) is 0 Å². The zero-order valence-electron chi connectivity index (χ0n) is 10.7. The van der Waals surface area contributed by atoms with Gasteiger partial charge in [0.1, 0.15) is 0 Å². The van der Waals surface area contributed by atoms with Crippen molar-refractivity contribution < 1.29 is 24.5 Å². The number of aliphatic carboxylic acids is 1. The second kappa shape index (κ2) is 7.33. The fourth-order valence-electron chi connectivity index (χ4n) is 2.06. The molecule has 1 aliphatic rings. The first-order valence-corrected chi connectivity index (χ1v) is 6.28. The van der Waals surface area contributed by atoms with Crippen molar-refractivity contribution in [2.24, 2.45) is 0 Å². The number of amides is 1. The van der Waals surface area contributed by atoms with E-state index in [0.29, 0.717) is 32.4 Å². The molecule has 2 atom stereocenters. The largest absolute Gasteiger partial charge is 0.481 e. The van der Waals surface area contributed by atoms with Crippen LogP contribution in [0.15, 0.2) is 0 Å². The Morgan fingerprint density at radius 3 is 2.56 bits per heavy atom. The summed E-state index contributed by atoms with van der Waals surface area (Å²) in [4.78, 5) is 23.9. The third-order valence-corrected chi connectivity index (χ3v) is 2.91. The summed E-state index contributed by atoms with van der Waals surface area (Å²) >= 11 is 0. The third kappa shape index (κ3) is 5.01. The number of carboxylic acid groups (broad SMARTS) is 1. The van der Waals surface area contributed by atoms with Gasteiger partial charge < -0.3 is 19.8 Å². The van der Waals surface area contributed by atoms with Gasteiger partial charge in [0.25, 0.3) is 0 Å². The Hall–Kier alpha value is -1.14. The first kappa shape index (κ1) is 14.9. The van der Waals surface area contributed by atoms with E-state index >= 15 is 0 Å². The predicted molar refractivity (Wildman–Crippen MR) is 64.1 cm³/mol. The number of ether oxygens (including phenoxy) is 1. The van der Waals surface area contributed by atoms with E-state index in [-0.39, 0.29) is 31.1 Å². The van der Waals surface area contributed by atoms with Gasteiger partial charge >= 0.3 is 5.97 Å². The van der Waals surface area contributed by atoms with Crippen molar-refractivity contribution >= 4 is 11.9 Å². The van der Waals surface area contributed by atoms with Crippen molar-refractivity contribution in [1.82, 2.24) is 4.90 Å². The van der Waals surface area contributed by atoms with Gasteiger partial charge in [-0.05, 0) is 19.8 Å². The van der Waals surface area contributed by atoms with E-state index in [1.54, 1.807) is 4.90 Å². The van der Waals surface area contributed by atoms with Crippen LogP contribution in [0.2, 0.25) is 0 Å². The summed E-state index contributed by atoms with van der Waals surface area (Å²) in [5.41, 5.74) is 0. The molecule has 1 saturated heterocycles. The molecule has 6 nitrogen and oxygen atoms in total. The molecule has 0 aromatic rings. The van der Waals surface area contributed by atoms with Crippen LogP contribution in [-0.2, 0) is 14.3 Å². The lowest BCUT2D eigenvalue weighted by atomic mass is 10.1. The van der Waals surface area contributed by atoms with E-state index < -0.39 is 5.97 Å². The summed E-state index contributed by atoms with van der Waals surface area (Å²) in [7, 11) is 0. The van der Waals surface area contributed by atoms with Crippen LogP contribution in [0.25, 0.3) is 0 Å². The molecular formula is C12H21NO5. The van der Waals surface area contributed by atoms with E-state index in [4.69, 9.17) is 14.9 Å². The van der Waals surface area contributed by atoms with Crippen molar-refractivity contribution in [2.45, 2.75) is 44.8 Å². The molecule has 0 aromatic heterocycles. The minimum Gasteiger partial charge on any atom is -0.481 e. The number of carbonyl (C=O) groups is 2. The van der Waals surface area contributed by atoms with Crippen molar-refractivity contribution in [2.75, 3.05) is 19.7 Å². The zero-order valence-corrected chi connectivity index (χ0v) is 10.7. The van der Waals surface area contributed by atoms with Crippen LogP contribution < -0.4 is 0 Å². The van der Waals surface area contributed by atoms with Crippen LogP contribution in [0.3, 0.4) is 0 Å². The Balaban J connectivity index is 2.29. The molecule has 1 aliphatic heterocycles. The van der Waals surface area contributed by atoms with E-state index in [2.05, 4.69) is 0 Å². The maximum Gasteiger partial charge on any atom is 0.303 e. The molecular weight excluding hydrogens is 238 g/mol. The Labute approximate surface area is 107 Å². The van der Waals surface area contributed by atoms with Crippen LogP contribution in [0.4, 0.5) is 0 Å². The van der Waals surface area contributed by atoms with Gasteiger partial charge in [-0.25, -0.2) is 0 Å². The summed E-state index contributed by atoms with van der Waals surface area (Å²) in [5.74, 6) is -0.822. The highest BCUT2D eigenvalue weighted by atomic mass is 16.5. The number of carboxylic acids is 1. The molecule has 6 heteroatoms. The highest BCUT2D eigenvalue weighted by Gasteiger charge is 2.27. The second-order valence-corrected chi connectivity index (χ2v) is 4.65. The lowest BCUT2D eigenvalue weighted by Gasteiger charge is -2.36. The average Bonchev–Trinajstić information content (AvgIpc) is 2.33. The fourth-order valence-corrected chi connectivity index (χ4v) is 2.06. The van der Waals surface area contributed by atoms with Crippen LogP contribution in [0.5, 0.6) is 0 Å². The molecule has 104 valence electrons. The fraction of sp³-hybridized carbons (Fsp3) is 0.833. The Bertz CT molecular complexity index is 294. The summed E-state index contributed by atoms with van der Waals surface area (Å²) in [6, 6.07) is 0. The lowest BCUT2D eigenvalue weighted by Crippen LogP contribution is -2.50. The smallest absolute Gasteiger partial charge is 0.303 e. The molecule has 0 saturated carbocycles. The Morgan fingerprint density at radius 1 is 1.28 bits per heavy atom. The second-order valence-electron chi connectivity index (χ2n) is 4.65. The SMILES string of the molecule is CC1CN(C(=O)CCCCC(=O)O)CC(CO)O1. The maximum absolute atomic E-state index is 11.9. The van der Waals surface area contributed by atoms with Gasteiger partial charge in [0.05, 0.1) is 18.8 Å². The number of morpholine rings is 1. The van der Waals surface area contributed by atoms with E-state index in [0.717, 1.165) is 0 Å². The molecule has 0 aromatic carbocycles. The van der Waals surface area contributed by atoms with Gasteiger partial charge in [0.15, 0.2) is 0 Å². The molecule has 0 spiro atoms. The quantitative estimate of drug-likeness (QED) is 0.667. The third-order valence-electron chi connectivity index (χ3n) is 2.91. The first-order chi connectivity index (χ1) is 8.52. The van der Waals surface area contributed by atoms with Crippen molar-refractivity contribution in [3.8, 4) is 0 Å². The zero-order chi connectivity index (χ0) is 13.5. The number of hydrogen-bond acceptors (Lipinski definition) is 4. The van der Waals surface area contributed by atoms with Gasteiger partial charge in [0, 0.05) is 25.9 Å². The minimum absolute atomic E-state index is 0.00832. The number of nitrogens with zero attached hydrogens (tertiary/aromatic N) is 1. The van der Waals surface area contributed by atoms with E-state index in [1.165, 1.54) is 0 Å². The number of rotatable bonds is 6. The van der Waals surface area contributed by atoms with E-state index in [1.807, 2.05) is 6.92 Å². The van der Waals surface area contributed by atoms with Gasteiger partial charge in [-0.1, -0.05) is 0 Å². The van der Waals surface area contributed by atoms with Crippen LogP contribution in [0, 0.1) is 0 Å². The topological polar surface area (TPSA) is 87.1 Å². The first-order valence-electron chi connectivity index (χ1n) is 6.28. The van der Waals surface area contributed by atoms with Gasteiger partial charge in [0.2, 0.25) is 5.91 Å². The molecule has 1 heterocycles. The molecule has 0 bridgehead atoms. The minimum atomic E-state index is -0.831. The highest BCUT2D eigenvalue weighted by Crippen LogP contribution is 2.13. The number of aliphatic hydroxyl groups excluding tert-OH is 1. The molecule has 1 fully saturated rings. The normalized spacial score (nSPS) is 24.0. The van der Waals surface area contributed by atoms with Crippen LogP contribution >= 0.6 is 0 Å². The monoisotopic (exact) mass is 259 g/mol. The number of aliphatic hydroxyl groups is 1. The number of hydrogen-bond donors (Lipinski definition) is 2. The maximum atomic E-state index is 11.9. The lowest BCUT2D eigenvalue weighted by molar-refractivity contribution is -0.147. The van der Waals surface area contributed by atoms with Crippen molar-refractivity contribution in [3.63, 3.8) is 0 Å². The number of carbonyl (C=O) groups excluding carboxylic acids is 1. The molecule has 18 heavy (non-hydrogen) atoms. The highest BCUT2D eigenvalue weighted by molar-refractivity contribution is 5.76. The van der Waals surface area contributed by atoms with Crippen LogP contribution in [-0.4, -0.2) is 58.9 Å². The Kier molecular flexibility index (Phi) is 6.07. The molecule has 0 aliphatic carbocycles. The molecule has 1 rings (SSSR count). The van der Waals surface area contributed by atoms with Gasteiger partial charge in [-0.15, -0.1) is 0 Å². The summed E-state index contributed by atoms with van der Waals surface area (Å²) in [6.45, 7) is 2.73. The van der Waals surface area contributed by atoms with Crippen LogP contribution in [0.1, 0.15) is 32.6 Å². The molecule has 2 N–H and O–H groups in total. The predicted octanol–water partition coefficient (Wildman–Crippen LogP) is 0.240. The van der Waals surface area contributed by atoms with Crippen molar-refractivity contribution in [3.05, 3.63) is 0 Å². The van der Waals surface area contributed by atoms with E-state index in [9.17, 15) is 9.59 Å². The van der Waals surface area contributed by atoms with Gasteiger partial charge in [-0.3, -0.25) is 9.59 Å². The molecule has 1 amide bonds.